The maximum atomic E-state index is 13.0. The minimum atomic E-state index is -1.09. The van der Waals surface area contributed by atoms with E-state index in [9.17, 15) is 14.7 Å². The Morgan fingerprint density at radius 2 is 1.54 bits per heavy atom. The molecular weight excluding hydrogens is 521 g/mol. The van der Waals surface area contributed by atoms with Gasteiger partial charge in [0.25, 0.3) is 0 Å². The molecule has 3 aromatic carbocycles. The zero-order valence-corrected chi connectivity index (χ0v) is 23.9. The average molecular weight is 555 g/mol. The van der Waals surface area contributed by atoms with E-state index in [0.29, 0.717) is 16.8 Å². The summed E-state index contributed by atoms with van der Waals surface area (Å²) in [4.78, 5) is 24.9. The largest absolute Gasteiger partial charge is 0.497 e. The summed E-state index contributed by atoms with van der Waals surface area (Å²) in [5.74, 6) is -0.656. The molecule has 1 aliphatic heterocycles. The fraction of sp³-hybridized carbons (Fsp3) is 0.312. The van der Waals surface area contributed by atoms with E-state index in [-0.39, 0.29) is 24.6 Å². The number of benzene rings is 3. The van der Waals surface area contributed by atoms with Crippen molar-refractivity contribution in [1.82, 2.24) is 5.32 Å². The van der Waals surface area contributed by atoms with E-state index in [4.69, 9.17) is 18.8 Å². The first-order valence-corrected chi connectivity index (χ1v) is 13.6. The lowest BCUT2D eigenvalue weighted by Gasteiger charge is -2.32. The van der Waals surface area contributed by atoms with Crippen LogP contribution in [0.15, 0.2) is 72.2 Å². The van der Waals surface area contributed by atoms with Crippen molar-refractivity contribution in [3.05, 3.63) is 94.5 Å². The van der Waals surface area contributed by atoms with Crippen LogP contribution in [0.4, 0.5) is 4.79 Å². The van der Waals surface area contributed by atoms with Crippen LogP contribution in [0.25, 0.3) is 17.2 Å². The molecule has 0 bridgehead atoms. The third kappa shape index (κ3) is 5.60. The Hall–Kier alpha value is -4.08. The SMILES string of the molecule is COc1ccc(C(=O)O)c(C=C(CNC(=O)OCC2c3ccccc3-c3ccccc32)B2OC(C)(C)C(C)(C)O2)c1. The fourth-order valence-corrected chi connectivity index (χ4v) is 5.20. The molecular formula is C32H34BNO7. The van der Waals surface area contributed by atoms with Crippen LogP contribution in [0.3, 0.4) is 0 Å². The van der Waals surface area contributed by atoms with Gasteiger partial charge in [0.1, 0.15) is 12.4 Å². The molecule has 0 unspecified atom stereocenters. The van der Waals surface area contributed by atoms with Crippen molar-refractivity contribution in [3.8, 4) is 16.9 Å². The van der Waals surface area contributed by atoms with E-state index in [1.54, 1.807) is 18.2 Å². The van der Waals surface area contributed by atoms with Crippen LogP contribution in [0.1, 0.15) is 60.7 Å². The van der Waals surface area contributed by atoms with Gasteiger partial charge in [0, 0.05) is 12.5 Å². The van der Waals surface area contributed by atoms with E-state index in [2.05, 4.69) is 29.6 Å². The second-order valence-corrected chi connectivity index (χ2v) is 11.2. The lowest BCUT2D eigenvalue weighted by molar-refractivity contribution is 0.00578. The molecule has 2 N–H and O–H groups in total. The van der Waals surface area contributed by atoms with Crippen LogP contribution in [0.2, 0.25) is 0 Å². The molecule has 0 radical (unpaired) electrons. The van der Waals surface area contributed by atoms with Gasteiger partial charge in [-0.25, -0.2) is 9.59 Å². The zero-order chi connectivity index (χ0) is 29.4. The Kier molecular flexibility index (Phi) is 7.68. The van der Waals surface area contributed by atoms with E-state index >= 15 is 0 Å². The summed E-state index contributed by atoms with van der Waals surface area (Å²) in [7, 11) is 0.693. The highest BCUT2D eigenvalue weighted by Gasteiger charge is 2.52. The highest BCUT2D eigenvalue weighted by atomic mass is 16.7. The molecule has 1 fully saturated rings. The molecule has 0 atom stereocenters. The quantitative estimate of drug-likeness (QED) is 0.331. The molecule has 1 saturated heterocycles. The van der Waals surface area contributed by atoms with Gasteiger partial charge in [0.15, 0.2) is 0 Å². The minimum Gasteiger partial charge on any atom is -0.497 e. The first-order chi connectivity index (χ1) is 19.5. The molecule has 5 rings (SSSR count). The Bertz CT molecular complexity index is 1450. The van der Waals surface area contributed by atoms with Gasteiger partial charge in [-0.2, -0.15) is 0 Å². The second kappa shape index (κ2) is 11.1. The molecule has 1 aliphatic carbocycles. The molecule has 1 amide bonds. The number of aromatic carboxylic acids is 1. The van der Waals surface area contributed by atoms with Gasteiger partial charge >= 0.3 is 19.2 Å². The van der Waals surface area contributed by atoms with E-state index in [1.165, 1.54) is 13.2 Å². The highest BCUT2D eigenvalue weighted by molar-refractivity contribution is 6.56. The summed E-state index contributed by atoms with van der Waals surface area (Å²) < 4.78 is 23.5. The summed E-state index contributed by atoms with van der Waals surface area (Å²) in [6, 6.07) is 21.0. The van der Waals surface area contributed by atoms with E-state index in [0.717, 1.165) is 22.3 Å². The normalized spacial score (nSPS) is 17.1. The van der Waals surface area contributed by atoms with Crippen LogP contribution in [-0.2, 0) is 14.0 Å². The first-order valence-electron chi connectivity index (χ1n) is 13.6. The summed E-state index contributed by atoms with van der Waals surface area (Å²) in [6.45, 7) is 7.91. The number of carbonyl (C=O) groups is 2. The Balaban J connectivity index is 1.36. The number of hydrogen-bond donors (Lipinski definition) is 2. The number of rotatable bonds is 8. The number of carboxylic acid groups (broad SMARTS) is 1. The summed E-state index contributed by atoms with van der Waals surface area (Å²) in [5.41, 5.74) is 4.29. The van der Waals surface area contributed by atoms with Gasteiger partial charge in [-0.15, -0.1) is 0 Å². The van der Waals surface area contributed by atoms with Gasteiger partial charge in [0.2, 0.25) is 0 Å². The van der Waals surface area contributed by atoms with Crippen molar-refractivity contribution in [1.29, 1.82) is 0 Å². The first kappa shape index (κ1) is 28.5. The average Bonchev–Trinajstić information content (AvgIpc) is 3.38. The maximum absolute atomic E-state index is 13.0. The van der Waals surface area contributed by atoms with Gasteiger partial charge in [0.05, 0.1) is 23.9 Å². The van der Waals surface area contributed by atoms with Crippen LogP contribution in [0, 0.1) is 0 Å². The standard InChI is InChI=1S/C32H34BNO7/c1-31(2)32(3,4)41-33(40-31)21(16-20-17-22(38-5)14-15-23(20)29(35)36)18-34-30(37)39-19-28-26-12-8-6-10-24(26)25-11-7-9-13-27(25)28/h6-17,28H,18-19H2,1-5H3,(H,34,37)(H,35,36). The number of carbonyl (C=O) groups excluding carboxylic acids is 1. The number of amides is 1. The fourth-order valence-electron chi connectivity index (χ4n) is 5.20. The minimum absolute atomic E-state index is 0.0176. The van der Waals surface area contributed by atoms with Crippen molar-refractivity contribution in [2.75, 3.05) is 20.3 Å². The smallest absolute Gasteiger partial charge is 0.492 e. The zero-order valence-electron chi connectivity index (χ0n) is 23.9. The number of alkyl carbamates (subject to hydrolysis) is 1. The Labute approximate surface area is 240 Å². The van der Waals surface area contributed by atoms with Crippen molar-refractivity contribution < 1.29 is 33.5 Å². The number of hydrogen-bond acceptors (Lipinski definition) is 6. The molecule has 2 aliphatic rings. The third-order valence-corrected chi connectivity index (χ3v) is 8.17. The molecule has 0 spiro atoms. The van der Waals surface area contributed by atoms with Gasteiger partial charge in [-0.1, -0.05) is 54.6 Å². The lowest BCUT2D eigenvalue weighted by atomic mass is 9.76. The van der Waals surface area contributed by atoms with Gasteiger partial charge in [-0.05, 0) is 79.2 Å². The molecule has 212 valence electrons. The van der Waals surface area contributed by atoms with Crippen LogP contribution in [-0.4, -0.2) is 55.8 Å². The van der Waals surface area contributed by atoms with E-state index in [1.807, 2.05) is 52.0 Å². The molecule has 3 aromatic rings. The van der Waals surface area contributed by atoms with Crippen LogP contribution in [0.5, 0.6) is 5.75 Å². The number of ether oxygens (including phenoxy) is 2. The number of fused-ring (bicyclic) bond motifs is 3. The number of methoxy groups -OCH3 is 1. The summed E-state index contributed by atoms with van der Waals surface area (Å²) >= 11 is 0. The lowest BCUT2D eigenvalue weighted by Crippen LogP contribution is -2.41. The second-order valence-electron chi connectivity index (χ2n) is 11.2. The topological polar surface area (TPSA) is 103 Å². The maximum Gasteiger partial charge on any atom is 0.492 e. The van der Waals surface area contributed by atoms with E-state index < -0.39 is 30.4 Å². The number of carboxylic acids is 1. The summed E-state index contributed by atoms with van der Waals surface area (Å²) in [5, 5.41) is 12.6. The molecule has 0 aromatic heterocycles. The van der Waals surface area contributed by atoms with Crippen LogP contribution < -0.4 is 10.1 Å². The predicted molar refractivity (Wildman–Crippen MR) is 157 cm³/mol. The Morgan fingerprint density at radius 1 is 0.951 bits per heavy atom. The molecule has 9 heteroatoms. The molecule has 0 saturated carbocycles. The molecule has 41 heavy (non-hydrogen) atoms. The molecule has 8 nitrogen and oxygen atoms in total. The third-order valence-electron chi connectivity index (χ3n) is 8.17. The van der Waals surface area contributed by atoms with Gasteiger partial charge < -0.3 is 29.2 Å². The predicted octanol–water partition coefficient (Wildman–Crippen LogP) is 5.95. The summed E-state index contributed by atoms with van der Waals surface area (Å²) in [6.07, 6.45) is 1.07. The van der Waals surface area contributed by atoms with Gasteiger partial charge in [-0.3, -0.25) is 0 Å². The monoisotopic (exact) mass is 555 g/mol. The van der Waals surface area contributed by atoms with Crippen molar-refractivity contribution in [2.45, 2.75) is 44.8 Å². The van der Waals surface area contributed by atoms with Crippen molar-refractivity contribution in [2.24, 2.45) is 0 Å². The van der Waals surface area contributed by atoms with Crippen molar-refractivity contribution >= 4 is 25.3 Å². The highest BCUT2D eigenvalue weighted by Crippen LogP contribution is 2.44. The van der Waals surface area contributed by atoms with Crippen molar-refractivity contribution in [3.63, 3.8) is 0 Å². The number of nitrogens with one attached hydrogen (secondary N) is 1. The Morgan fingerprint density at radius 3 is 2.10 bits per heavy atom. The van der Waals surface area contributed by atoms with Crippen LogP contribution >= 0.6 is 0 Å². The molecule has 1 heterocycles.